The Bertz CT molecular complexity index is 626. The minimum Gasteiger partial charge on any atom is -0.868 e. The molecule has 1 aromatic rings. The monoisotopic (exact) mass is 279 g/mol. The van der Waals surface area contributed by atoms with Gasteiger partial charge in [0, 0.05) is 13.1 Å². The summed E-state index contributed by atoms with van der Waals surface area (Å²) in [7, 11) is 1.35. The SMILES string of the molecule is CN1C(=O)S/C(=C\c2ccc([O-])c([N+](=O)[O-])c2)C1=O. The van der Waals surface area contributed by atoms with Crippen molar-refractivity contribution in [2.45, 2.75) is 0 Å². The molecule has 2 rings (SSSR count). The van der Waals surface area contributed by atoms with E-state index in [2.05, 4.69) is 0 Å². The van der Waals surface area contributed by atoms with Crippen molar-refractivity contribution in [2.24, 2.45) is 0 Å². The van der Waals surface area contributed by atoms with Crippen molar-refractivity contribution in [3.8, 4) is 5.75 Å². The molecule has 8 heteroatoms. The molecule has 0 spiro atoms. The minimum atomic E-state index is -0.786. The summed E-state index contributed by atoms with van der Waals surface area (Å²) in [5.41, 5.74) is -0.241. The number of carbonyl (C=O) groups excluding carboxylic acids is 2. The molecule has 1 heterocycles. The molecule has 0 N–H and O–H groups in total. The van der Waals surface area contributed by atoms with Crippen molar-refractivity contribution in [1.29, 1.82) is 0 Å². The molecule has 0 aliphatic carbocycles. The first kappa shape index (κ1) is 13.1. The number of nitrogens with zero attached hydrogens (tertiary/aromatic N) is 2. The summed E-state index contributed by atoms with van der Waals surface area (Å²) in [6.45, 7) is 0. The first-order valence-corrected chi connectivity index (χ1v) is 5.89. The highest BCUT2D eigenvalue weighted by Gasteiger charge is 2.31. The second-order valence-corrected chi connectivity index (χ2v) is 4.72. The predicted octanol–water partition coefficient (Wildman–Crippen LogP) is 1.33. The number of benzene rings is 1. The Morgan fingerprint density at radius 3 is 2.58 bits per heavy atom. The molecule has 2 amide bonds. The van der Waals surface area contributed by atoms with Gasteiger partial charge in [-0.3, -0.25) is 24.6 Å². The number of nitro benzene ring substituents is 1. The van der Waals surface area contributed by atoms with Crippen molar-refractivity contribution in [1.82, 2.24) is 4.90 Å². The Kier molecular flexibility index (Phi) is 3.26. The van der Waals surface area contributed by atoms with Crippen molar-refractivity contribution >= 4 is 34.7 Å². The predicted molar refractivity (Wildman–Crippen MR) is 66.3 cm³/mol. The summed E-state index contributed by atoms with van der Waals surface area (Å²) < 4.78 is 0. The average Bonchev–Trinajstić information content (AvgIpc) is 2.59. The Morgan fingerprint density at radius 2 is 2.05 bits per heavy atom. The highest BCUT2D eigenvalue weighted by molar-refractivity contribution is 8.18. The quantitative estimate of drug-likeness (QED) is 0.459. The average molecular weight is 279 g/mol. The lowest BCUT2D eigenvalue weighted by Gasteiger charge is -2.06. The van der Waals surface area contributed by atoms with Crippen LogP contribution >= 0.6 is 11.8 Å². The summed E-state index contributed by atoms with van der Waals surface area (Å²) >= 11 is 0.746. The van der Waals surface area contributed by atoms with Crippen LogP contribution in [0, 0.1) is 10.1 Å². The molecule has 98 valence electrons. The second kappa shape index (κ2) is 4.73. The fraction of sp³-hybridized carbons (Fsp3) is 0.0909. The molecule has 0 aromatic heterocycles. The van der Waals surface area contributed by atoms with Crippen LogP contribution in [0.2, 0.25) is 0 Å². The van der Waals surface area contributed by atoms with Gasteiger partial charge in [-0.25, -0.2) is 0 Å². The molecular weight excluding hydrogens is 272 g/mol. The third kappa shape index (κ3) is 2.43. The van der Waals surface area contributed by atoms with Crippen LogP contribution in [-0.2, 0) is 4.79 Å². The number of thioether (sulfide) groups is 1. The van der Waals surface area contributed by atoms with Gasteiger partial charge in [0.2, 0.25) is 0 Å². The zero-order valence-corrected chi connectivity index (χ0v) is 10.5. The maximum absolute atomic E-state index is 11.6. The fourth-order valence-electron chi connectivity index (χ4n) is 1.46. The molecule has 0 unspecified atom stereocenters. The van der Waals surface area contributed by atoms with E-state index in [1.807, 2.05) is 0 Å². The molecule has 0 saturated carbocycles. The summed E-state index contributed by atoms with van der Waals surface area (Å²) in [4.78, 5) is 33.9. The third-order valence-corrected chi connectivity index (χ3v) is 3.42. The van der Waals surface area contributed by atoms with Gasteiger partial charge >= 0.3 is 0 Å². The number of hydrogen-bond acceptors (Lipinski definition) is 6. The number of imide groups is 1. The normalized spacial score (nSPS) is 17.3. The molecule has 1 fully saturated rings. The second-order valence-electron chi connectivity index (χ2n) is 3.72. The van der Waals surface area contributed by atoms with Gasteiger partial charge in [0.25, 0.3) is 16.8 Å². The molecule has 1 aliphatic heterocycles. The molecule has 0 radical (unpaired) electrons. The maximum atomic E-state index is 11.6. The van der Waals surface area contributed by atoms with E-state index in [1.54, 1.807) is 0 Å². The van der Waals surface area contributed by atoms with E-state index in [0.717, 1.165) is 28.8 Å². The Labute approximate surface area is 111 Å². The smallest absolute Gasteiger partial charge is 0.293 e. The fourth-order valence-corrected chi connectivity index (χ4v) is 2.29. The summed E-state index contributed by atoms with van der Waals surface area (Å²) in [6, 6.07) is 3.49. The minimum absolute atomic E-state index is 0.167. The maximum Gasteiger partial charge on any atom is 0.293 e. The number of likely N-dealkylation sites (N-methyl/N-ethyl adjacent to an activating group) is 1. The van der Waals surface area contributed by atoms with E-state index in [1.165, 1.54) is 19.2 Å². The lowest BCUT2D eigenvalue weighted by Crippen LogP contribution is -2.22. The van der Waals surface area contributed by atoms with E-state index in [4.69, 9.17) is 0 Å². The van der Waals surface area contributed by atoms with Gasteiger partial charge in [0.15, 0.2) is 0 Å². The van der Waals surface area contributed by atoms with Crippen LogP contribution in [0.5, 0.6) is 5.75 Å². The van der Waals surface area contributed by atoms with Crippen LogP contribution in [0.25, 0.3) is 6.08 Å². The van der Waals surface area contributed by atoms with Gasteiger partial charge < -0.3 is 5.11 Å². The van der Waals surface area contributed by atoms with E-state index in [9.17, 15) is 24.8 Å². The zero-order chi connectivity index (χ0) is 14.2. The van der Waals surface area contributed by atoms with Crippen LogP contribution in [0.1, 0.15) is 5.56 Å². The number of nitro groups is 1. The van der Waals surface area contributed by atoms with Gasteiger partial charge in [-0.2, -0.15) is 0 Å². The largest absolute Gasteiger partial charge is 0.868 e. The number of rotatable bonds is 2. The number of carbonyl (C=O) groups is 2. The highest BCUT2D eigenvalue weighted by atomic mass is 32.2. The van der Waals surface area contributed by atoms with Crippen LogP contribution < -0.4 is 5.11 Å². The van der Waals surface area contributed by atoms with Gasteiger partial charge in [-0.1, -0.05) is 12.1 Å². The van der Waals surface area contributed by atoms with Crippen LogP contribution in [0.4, 0.5) is 10.5 Å². The van der Waals surface area contributed by atoms with Gasteiger partial charge in [-0.05, 0) is 29.2 Å². The lowest BCUT2D eigenvalue weighted by atomic mass is 10.1. The number of amides is 2. The van der Waals surface area contributed by atoms with E-state index < -0.39 is 27.5 Å². The van der Waals surface area contributed by atoms with Crippen LogP contribution in [-0.4, -0.2) is 28.0 Å². The lowest BCUT2D eigenvalue weighted by molar-refractivity contribution is -0.398. The Balaban J connectivity index is 2.39. The van der Waals surface area contributed by atoms with E-state index >= 15 is 0 Å². The molecule has 1 saturated heterocycles. The van der Waals surface area contributed by atoms with Crippen LogP contribution in [0.15, 0.2) is 23.1 Å². The topological polar surface area (TPSA) is 104 Å². The Hall–Kier alpha value is -2.35. The Morgan fingerprint density at radius 1 is 1.37 bits per heavy atom. The summed E-state index contributed by atoms with van der Waals surface area (Å²) in [5, 5.41) is 21.4. The molecular formula is C11H7N2O5S-. The van der Waals surface area contributed by atoms with E-state index in [0.29, 0.717) is 5.56 Å². The molecule has 1 aromatic carbocycles. The van der Waals surface area contributed by atoms with Crippen molar-refractivity contribution in [3.63, 3.8) is 0 Å². The summed E-state index contributed by atoms with van der Waals surface area (Å²) in [6.07, 6.45) is 1.35. The van der Waals surface area contributed by atoms with Crippen LogP contribution in [0.3, 0.4) is 0 Å². The molecule has 19 heavy (non-hydrogen) atoms. The van der Waals surface area contributed by atoms with Crippen molar-refractivity contribution < 1.29 is 19.6 Å². The number of hydrogen-bond donors (Lipinski definition) is 0. The van der Waals surface area contributed by atoms with Gasteiger partial charge in [-0.15, -0.1) is 0 Å². The van der Waals surface area contributed by atoms with Gasteiger partial charge in [0.05, 0.1) is 9.83 Å². The van der Waals surface area contributed by atoms with Gasteiger partial charge in [0.1, 0.15) is 0 Å². The first-order valence-electron chi connectivity index (χ1n) is 5.07. The molecule has 0 atom stereocenters. The van der Waals surface area contributed by atoms with E-state index in [-0.39, 0.29) is 4.91 Å². The highest BCUT2D eigenvalue weighted by Crippen LogP contribution is 2.32. The summed E-state index contributed by atoms with van der Waals surface area (Å²) in [5.74, 6) is -1.17. The third-order valence-electron chi connectivity index (χ3n) is 2.46. The molecule has 0 bridgehead atoms. The molecule has 1 aliphatic rings. The first-order chi connectivity index (χ1) is 8.90. The standard InChI is InChI=1S/C11H8N2O5S/c1-12-10(15)9(19-11(12)16)5-6-2-3-8(14)7(4-6)13(17)18/h2-5,14H,1H3/p-1/b9-5-. The molecule has 7 nitrogen and oxygen atoms in total. The van der Waals surface area contributed by atoms with Crippen molar-refractivity contribution in [3.05, 3.63) is 38.8 Å². The zero-order valence-electron chi connectivity index (χ0n) is 9.65. The van der Waals surface area contributed by atoms with Crippen molar-refractivity contribution in [2.75, 3.05) is 7.05 Å².